The molecule has 0 bridgehead atoms. The smallest absolute Gasteiger partial charge is 0.181 e. The molecule has 0 atom stereocenters. The average Bonchev–Trinajstić information content (AvgIpc) is 2.64. The molecule has 0 saturated heterocycles. The first-order valence-electron chi connectivity index (χ1n) is 7.68. The van der Waals surface area contributed by atoms with Crippen LogP contribution in [0.5, 0.6) is 0 Å². The third-order valence-corrected chi connectivity index (χ3v) is 4.56. The Labute approximate surface area is 161 Å². The fourth-order valence-electron chi connectivity index (χ4n) is 2.71. The van der Waals surface area contributed by atoms with Gasteiger partial charge in [0.15, 0.2) is 5.65 Å². The van der Waals surface area contributed by atoms with Gasteiger partial charge in [-0.05, 0) is 0 Å². The van der Waals surface area contributed by atoms with E-state index in [9.17, 15) is 13.2 Å². The van der Waals surface area contributed by atoms with Gasteiger partial charge >= 0.3 is 0 Å². The van der Waals surface area contributed by atoms with Crippen LogP contribution in [0.4, 0.5) is 13.2 Å². The number of benzene rings is 2. The van der Waals surface area contributed by atoms with Gasteiger partial charge in [-0.1, -0.05) is 53.5 Å². The molecule has 0 aliphatic carbocycles. The Bertz CT molecular complexity index is 1160. The van der Waals surface area contributed by atoms with Crippen LogP contribution in [0, 0.1) is 17.5 Å². The van der Waals surface area contributed by atoms with Crippen LogP contribution < -0.4 is 0 Å². The number of nitrogens with zero attached hydrogens (tertiary/aromatic N) is 3. The van der Waals surface area contributed by atoms with E-state index in [1.165, 1.54) is 6.20 Å². The van der Waals surface area contributed by atoms with Crippen LogP contribution in [0.3, 0.4) is 0 Å². The minimum absolute atomic E-state index is 0.122. The molecule has 3 nitrogen and oxygen atoms in total. The lowest BCUT2D eigenvalue weighted by Gasteiger charge is -2.12. The standard InChI is InChI=1S/C19H8Cl2F3N3/c20-16-15(14-11(23)6-10(22)7-12(14)24)18(21)27-19-17(16)26-13(8-25-19)9-4-2-1-3-5-9/h1-8H. The second-order valence-corrected chi connectivity index (χ2v) is 6.37. The molecule has 2 heterocycles. The highest BCUT2D eigenvalue weighted by Crippen LogP contribution is 2.40. The first-order chi connectivity index (χ1) is 13.0. The number of aromatic nitrogens is 3. The van der Waals surface area contributed by atoms with Crippen molar-refractivity contribution in [3.05, 3.63) is 76.3 Å². The van der Waals surface area contributed by atoms with Crippen molar-refractivity contribution in [2.24, 2.45) is 0 Å². The Kier molecular flexibility index (Phi) is 4.45. The van der Waals surface area contributed by atoms with E-state index in [1.807, 2.05) is 30.3 Å². The van der Waals surface area contributed by atoms with E-state index in [0.717, 1.165) is 5.56 Å². The first kappa shape index (κ1) is 17.7. The quantitative estimate of drug-likeness (QED) is 0.379. The predicted octanol–water partition coefficient (Wildman–Crippen LogP) is 6.08. The van der Waals surface area contributed by atoms with Crippen molar-refractivity contribution < 1.29 is 13.2 Å². The lowest BCUT2D eigenvalue weighted by atomic mass is 10.1. The van der Waals surface area contributed by atoms with E-state index in [1.54, 1.807) is 0 Å². The SMILES string of the molecule is Fc1cc(F)c(-c2c(Cl)nc3ncc(-c4ccccc4)nc3c2Cl)c(F)c1. The van der Waals surface area contributed by atoms with Crippen molar-refractivity contribution in [3.8, 4) is 22.4 Å². The second kappa shape index (κ2) is 6.79. The molecule has 4 rings (SSSR count). The minimum Gasteiger partial charge on any atom is -0.241 e. The van der Waals surface area contributed by atoms with Crippen LogP contribution >= 0.6 is 23.2 Å². The molecule has 27 heavy (non-hydrogen) atoms. The highest BCUT2D eigenvalue weighted by molar-refractivity contribution is 6.41. The summed E-state index contributed by atoms with van der Waals surface area (Å²) in [6.45, 7) is 0. The van der Waals surface area contributed by atoms with Crippen molar-refractivity contribution in [1.82, 2.24) is 15.0 Å². The molecule has 0 aliphatic rings. The minimum atomic E-state index is -1.15. The van der Waals surface area contributed by atoms with E-state index in [4.69, 9.17) is 23.2 Å². The van der Waals surface area contributed by atoms with Crippen molar-refractivity contribution in [1.29, 1.82) is 0 Å². The lowest BCUT2D eigenvalue weighted by Crippen LogP contribution is -1.99. The molecule has 2 aromatic carbocycles. The molecule has 0 aliphatic heterocycles. The Hall–Kier alpha value is -2.70. The molecule has 8 heteroatoms. The molecular formula is C19H8Cl2F3N3. The molecule has 134 valence electrons. The van der Waals surface area contributed by atoms with Gasteiger partial charge in [-0.25, -0.2) is 28.1 Å². The second-order valence-electron chi connectivity index (χ2n) is 5.63. The zero-order valence-corrected chi connectivity index (χ0v) is 14.9. The largest absolute Gasteiger partial charge is 0.241 e. The summed E-state index contributed by atoms with van der Waals surface area (Å²) in [5.74, 6) is -3.35. The maximum Gasteiger partial charge on any atom is 0.181 e. The highest BCUT2D eigenvalue weighted by atomic mass is 35.5. The first-order valence-corrected chi connectivity index (χ1v) is 8.43. The van der Waals surface area contributed by atoms with Crippen LogP contribution in [-0.4, -0.2) is 15.0 Å². The van der Waals surface area contributed by atoms with E-state index in [0.29, 0.717) is 17.8 Å². The van der Waals surface area contributed by atoms with E-state index in [2.05, 4.69) is 15.0 Å². The van der Waals surface area contributed by atoms with Gasteiger partial charge in [0.25, 0.3) is 0 Å². The maximum atomic E-state index is 14.2. The summed E-state index contributed by atoms with van der Waals surface area (Å²) in [5.41, 5.74) is 0.740. The summed E-state index contributed by atoms with van der Waals surface area (Å²) in [6, 6.07) is 10.3. The van der Waals surface area contributed by atoms with Gasteiger partial charge in [-0.3, -0.25) is 0 Å². The van der Waals surface area contributed by atoms with Crippen molar-refractivity contribution in [2.45, 2.75) is 0 Å². The molecular weight excluding hydrogens is 398 g/mol. The molecule has 0 radical (unpaired) electrons. The van der Waals surface area contributed by atoms with Gasteiger partial charge in [0.2, 0.25) is 0 Å². The van der Waals surface area contributed by atoms with Crippen molar-refractivity contribution >= 4 is 34.4 Å². The van der Waals surface area contributed by atoms with Gasteiger partial charge in [0, 0.05) is 23.3 Å². The number of halogens is 5. The van der Waals surface area contributed by atoms with Crippen molar-refractivity contribution in [2.75, 3.05) is 0 Å². The summed E-state index contributed by atoms with van der Waals surface area (Å²) < 4.78 is 41.7. The summed E-state index contributed by atoms with van der Waals surface area (Å²) in [6.07, 6.45) is 1.50. The molecule has 2 aromatic heterocycles. The number of hydrogen-bond acceptors (Lipinski definition) is 3. The van der Waals surface area contributed by atoms with Crippen LogP contribution in [0.25, 0.3) is 33.5 Å². The lowest BCUT2D eigenvalue weighted by molar-refractivity contribution is 0.548. The molecule has 0 amide bonds. The monoisotopic (exact) mass is 405 g/mol. The van der Waals surface area contributed by atoms with Gasteiger partial charge in [0.1, 0.15) is 28.1 Å². The highest BCUT2D eigenvalue weighted by Gasteiger charge is 2.23. The van der Waals surface area contributed by atoms with Gasteiger partial charge < -0.3 is 0 Å². The summed E-state index contributed by atoms with van der Waals surface area (Å²) in [7, 11) is 0. The number of hydrogen-bond donors (Lipinski definition) is 0. The predicted molar refractivity (Wildman–Crippen MR) is 98.1 cm³/mol. The van der Waals surface area contributed by atoms with Gasteiger partial charge in [-0.15, -0.1) is 0 Å². The number of fused-ring (bicyclic) bond motifs is 1. The molecule has 0 saturated carbocycles. The zero-order chi connectivity index (χ0) is 19.1. The molecule has 0 spiro atoms. The van der Waals surface area contributed by atoms with E-state index < -0.39 is 23.0 Å². The average molecular weight is 406 g/mol. The Morgan fingerprint density at radius 2 is 1.48 bits per heavy atom. The third-order valence-electron chi connectivity index (χ3n) is 3.92. The molecule has 0 N–H and O–H groups in total. The van der Waals surface area contributed by atoms with E-state index in [-0.39, 0.29) is 26.9 Å². The Morgan fingerprint density at radius 3 is 2.15 bits per heavy atom. The van der Waals surface area contributed by atoms with Crippen LogP contribution in [0.1, 0.15) is 0 Å². The van der Waals surface area contributed by atoms with Gasteiger partial charge in [0.05, 0.1) is 22.5 Å². The third kappa shape index (κ3) is 3.11. The summed E-state index contributed by atoms with van der Waals surface area (Å²) in [4.78, 5) is 12.6. The summed E-state index contributed by atoms with van der Waals surface area (Å²) in [5, 5.41) is -0.390. The molecule has 0 unspecified atom stereocenters. The fourth-order valence-corrected chi connectivity index (χ4v) is 3.34. The van der Waals surface area contributed by atoms with Gasteiger partial charge in [-0.2, -0.15) is 0 Å². The molecule has 4 aromatic rings. The number of rotatable bonds is 2. The maximum absolute atomic E-state index is 14.2. The summed E-state index contributed by atoms with van der Waals surface area (Å²) >= 11 is 12.5. The zero-order valence-electron chi connectivity index (χ0n) is 13.4. The van der Waals surface area contributed by atoms with Crippen LogP contribution in [0.15, 0.2) is 48.7 Å². The van der Waals surface area contributed by atoms with Crippen LogP contribution in [0.2, 0.25) is 10.2 Å². The van der Waals surface area contributed by atoms with E-state index >= 15 is 0 Å². The Morgan fingerprint density at radius 1 is 0.815 bits per heavy atom. The fraction of sp³-hybridized carbons (Fsp3) is 0. The Balaban J connectivity index is 2.00. The topological polar surface area (TPSA) is 38.7 Å². The molecule has 0 fully saturated rings. The normalized spacial score (nSPS) is 11.1. The number of pyridine rings is 1. The van der Waals surface area contributed by atoms with Crippen LogP contribution in [-0.2, 0) is 0 Å². The van der Waals surface area contributed by atoms with Crippen molar-refractivity contribution in [3.63, 3.8) is 0 Å².